The Balaban J connectivity index is 1.99. The number of amides is 1. The zero-order valence-electron chi connectivity index (χ0n) is 9.66. The highest BCUT2D eigenvalue weighted by Gasteiger charge is 2.25. The maximum Gasteiger partial charge on any atom is 0.268 e. The van der Waals surface area contributed by atoms with E-state index in [0.29, 0.717) is 11.6 Å². The van der Waals surface area contributed by atoms with Crippen molar-refractivity contribution >= 4 is 21.8 Å². The third-order valence-electron chi connectivity index (χ3n) is 3.42. The van der Waals surface area contributed by atoms with Crippen molar-refractivity contribution in [3.63, 3.8) is 0 Å². The standard InChI is InChI=1S/C12H17BrN2O/c1-8(9-4-3-5-9)14-12(16)11-6-10(13)7-15(11)2/h6-9H,3-5H2,1-2H3,(H,14,16). The normalized spacial score (nSPS) is 17.9. The summed E-state index contributed by atoms with van der Waals surface area (Å²) in [6, 6.07) is 2.14. The summed E-state index contributed by atoms with van der Waals surface area (Å²) in [5, 5.41) is 3.07. The summed E-state index contributed by atoms with van der Waals surface area (Å²) in [4.78, 5) is 12.0. The fourth-order valence-electron chi connectivity index (χ4n) is 2.09. The van der Waals surface area contributed by atoms with E-state index in [0.717, 1.165) is 4.47 Å². The molecular formula is C12H17BrN2O. The number of hydrogen-bond donors (Lipinski definition) is 1. The van der Waals surface area contributed by atoms with Crippen LogP contribution in [-0.4, -0.2) is 16.5 Å². The maximum absolute atomic E-state index is 12.0. The second-order valence-corrected chi connectivity index (χ2v) is 5.52. The van der Waals surface area contributed by atoms with Crippen LogP contribution in [0.3, 0.4) is 0 Å². The predicted molar refractivity (Wildman–Crippen MR) is 67.4 cm³/mol. The fraction of sp³-hybridized carbons (Fsp3) is 0.583. The molecule has 1 fully saturated rings. The Kier molecular flexibility index (Phi) is 3.38. The van der Waals surface area contributed by atoms with Gasteiger partial charge >= 0.3 is 0 Å². The highest BCUT2D eigenvalue weighted by atomic mass is 79.9. The molecule has 1 saturated carbocycles. The summed E-state index contributed by atoms with van der Waals surface area (Å²) in [6.07, 6.45) is 5.69. The Morgan fingerprint density at radius 2 is 2.31 bits per heavy atom. The molecule has 0 bridgehead atoms. The predicted octanol–water partition coefficient (Wildman–Crippen LogP) is 2.71. The highest BCUT2D eigenvalue weighted by Crippen LogP contribution is 2.29. The van der Waals surface area contributed by atoms with E-state index in [4.69, 9.17) is 0 Å². The van der Waals surface area contributed by atoms with Crippen molar-refractivity contribution in [1.82, 2.24) is 9.88 Å². The third-order valence-corrected chi connectivity index (χ3v) is 3.85. The minimum Gasteiger partial charge on any atom is -0.348 e. The monoisotopic (exact) mass is 284 g/mol. The number of nitrogens with zero attached hydrogens (tertiary/aromatic N) is 1. The summed E-state index contributed by atoms with van der Waals surface area (Å²) in [5.41, 5.74) is 0.707. The van der Waals surface area contributed by atoms with Gasteiger partial charge in [0, 0.05) is 23.8 Å². The van der Waals surface area contributed by atoms with E-state index in [-0.39, 0.29) is 11.9 Å². The van der Waals surface area contributed by atoms with Gasteiger partial charge in [-0.2, -0.15) is 0 Å². The van der Waals surface area contributed by atoms with Gasteiger partial charge in [0.2, 0.25) is 0 Å². The lowest BCUT2D eigenvalue weighted by Gasteiger charge is -2.31. The molecule has 1 aliphatic carbocycles. The molecule has 4 heteroatoms. The van der Waals surface area contributed by atoms with E-state index in [1.165, 1.54) is 19.3 Å². The number of aromatic nitrogens is 1. The average molecular weight is 285 g/mol. The first-order chi connectivity index (χ1) is 7.58. The molecule has 1 unspecified atom stereocenters. The molecule has 1 heterocycles. The van der Waals surface area contributed by atoms with Crippen molar-refractivity contribution in [2.45, 2.75) is 32.2 Å². The van der Waals surface area contributed by atoms with Crippen LogP contribution in [0.4, 0.5) is 0 Å². The Morgan fingerprint density at radius 3 is 2.75 bits per heavy atom. The number of carbonyl (C=O) groups excluding carboxylic acids is 1. The van der Waals surface area contributed by atoms with Crippen LogP contribution in [-0.2, 0) is 7.05 Å². The molecule has 1 aromatic rings. The molecule has 0 saturated heterocycles. The third kappa shape index (κ3) is 2.32. The van der Waals surface area contributed by atoms with Crippen molar-refractivity contribution in [3.8, 4) is 0 Å². The van der Waals surface area contributed by atoms with Crippen molar-refractivity contribution in [2.75, 3.05) is 0 Å². The van der Waals surface area contributed by atoms with Gasteiger partial charge in [-0.05, 0) is 47.7 Å². The van der Waals surface area contributed by atoms with Crippen molar-refractivity contribution < 1.29 is 4.79 Å². The van der Waals surface area contributed by atoms with Gasteiger partial charge in [0.25, 0.3) is 5.91 Å². The highest BCUT2D eigenvalue weighted by molar-refractivity contribution is 9.10. The molecule has 1 amide bonds. The molecule has 1 aromatic heterocycles. The van der Waals surface area contributed by atoms with Gasteiger partial charge in [0.15, 0.2) is 0 Å². The Bertz CT molecular complexity index is 396. The quantitative estimate of drug-likeness (QED) is 0.910. The van der Waals surface area contributed by atoms with Crippen LogP contribution in [0.1, 0.15) is 36.7 Å². The van der Waals surface area contributed by atoms with Crippen molar-refractivity contribution in [1.29, 1.82) is 0 Å². The van der Waals surface area contributed by atoms with Crippen LogP contribution in [0.25, 0.3) is 0 Å². The van der Waals surface area contributed by atoms with Gasteiger partial charge in [-0.15, -0.1) is 0 Å². The molecule has 0 aromatic carbocycles. The summed E-state index contributed by atoms with van der Waals surface area (Å²) in [5.74, 6) is 0.695. The molecule has 2 rings (SSSR count). The molecule has 1 atom stereocenters. The SMILES string of the molecule is CC(NC(=O)c1cc(Br)cn1C)C1CCC1. The molecule has 0 spiro atoms. The van der Waals surface area contributed by atoms with E-state index in [2.05, 4.69) is 28.2 Å². The van der Waals surface area contributed by atoms with E-state index in [1.54, 1.807) is 0 Å². The largest absolute Gasteiger partial charge is 0.348 e. The zero-order chi connectivity index (χ0) is 11.7. The Hall–Kier alpha value is -0.770. The second kappa shape index (κ2) is 4.62. The molecule has 88 valence electrons. The average Bonchev–Trinajstić information content (AvgIpc) is 2.41. The van der Waals surface area contributed by atoms with Gasteiger partial charge in [-0.3, -0.25) is 4.79 Å². The Labute approximate surface area is 104 Å². The van der Waals surface area contributed by atoms with Crippen LogP contribution >= 0.6 is 15.9 Å². The van der Waals surface area contributed by atoms with Crippen LogP contribution in [0, 0.1) is 5.92 Å². The second-order valence-electron chi connectivity index (χ2n) is 4.61. The topological polar surface area (TPSA) is 34.0 Å². The summed E-state index contributed by atoms with van der Waals surface area (Å²) in [7, 11) is 1.88. The number of hydrogen-bond acceptors (Lipinski definition) is 1. The molecule has 3 nitrogen and oxygen atoms in total. The zero-order valence-corrected chi connectivity index (χ0v) is 11.3. The van der Waals surface area contributed by atoms with Gasteiger partial charge in [-0.25, -0.2) is 0 Å². The lowest BCUT2D eigenvalue weighted by Crippen LogP contribution is -2.41. The van der Waals surface area contributed by atoms with E-state index in [9.17, 15) is 4.79 Å². The molecule has 1 aliphatic rings. The van der Waals surface area contributed by atoms with Crippen LogP contribution in [0.15, 0.2) is 16.7 Å². The number of rotatable bonds is 3. The van der Waals surface area contributed by atoms with Gasteiger partial charge < -0.3 is 9.88 Å². The summed E-state index contributed by atoms with van der Waals surface area (Å²) in [6.45, 7) is 2.10. The van der Waals surface area contributed by atoms with Crippen molar-refractivity contribution in [2.24, 2.45) is 13.0 Å². The van der Waals surface area contributed by atoms with E-state index in [1.807, 2.05) is 23.9 Å². The Morgan fingerprint density at radius 1 is 1.62 bits per heavy atom. The number of halogens is 1. The van der Waals surface area contributed by atoms with Crippen LogP contribution in [0.2, 0.25) is 0 Å². The van der Waals surface area contributed by atoms with E-state index >= 15 is 0 Å². The van der Waals surface area contributed by atoms with Gasteiger partial charge in [0.05, 0.1) is 0 Å². The molecule has 0 radical (unpaired) electrons. The molecular weight excluding hydrogens is 268 g/mol. The minimum atomic E-state index is 0.0209. The van der Waals surface area contributed by atoms with Crippen molar-refractivity contribution in [3.05, 3.63) is 22.4 Å². The fourth-order valence-corrected chi connectivity index (χ4v) is 2.61. The lowest BCUT2D eigenvalue weighted by atomic mass is 9.80. The summed E-state index contributed by atoms with van der Waals surface area (Å²) >= 11 is 3.37. The number of aryl methyl sites for hydroxylation is 1. The van der Waals surface area contributed by atoms with Gasteiger partial charge in [0.1, 0.15) is 5.69 Å². The van der Waals surface area contributed by atoms with E-state index < -0.39 is 0 Å². The smallest absolute Gasteiger partial charge is 0.268 e. The van der Waals surface area contributed by atoms with Crippen LogP contribution < -0.4 is 5.32 Å². The lowest BCUT2D eigenvalue weighted by molar-refractivity contribution is 0.0901. The first-order valence-corrected chi connectivity index (χ1v) is 6.50. The van der Waals surface area contributed by atoms with Gasteiger partial charge in [-0.1, -0.05) is 6.42 Å². The molecule has 1 N–H and O–H groups in total. The minimum absolute atomic E-state index is 0.0209. The summed E-state index contributed by atoms with van der Waals surface area (Å²) < 4.78 is 2.78. The number of nitrogens with one attached hydrogen (secondary N) is 1. The first-order valence-electron chi connectivity index (χ1n) is 5.70. The number of carbonyl (C=O) groups is 1. The first kappa shape index (κ1) is 11.7. The molecule has 0 aliphatic heterocycles. The maximum atomic E-state index is 12.0. The molecule has 16 heavy (non-hydrogen) atoms. The van der Waals surface area contributed by atoms with Crippen LogP contribution in [0.5, 0.6) is 0 Å².